The Hall–Kier alpha value is -2.04. The van der Waals surface area contributed by atoms with E-state index in [9.17, 15) is 14.5 Å². The molecular weight excluding hydrogens is 244 g/mol. The molecule has 0 aliphatic carbocycles. The van der Waals surface area contributed by atoms with Gasteiger partial charge >= 0.3 is 0 Å². The summed E-state index contributed by atoms with van der Waals surface area (Å²) in [4.78, 5) is 35.7. The van der Waals surface area contributed by atoms with Gasteiger partial charge in [-0.3, -0.25) is 9.59 Å². The third kappa shape index (κ3) is 2.54. The molecule has 1 aromatic rings. The lowest BCUT2D eigenvalue weighted by atomic mass is 9.96. The molecule has 0 saturated carbocycles. The molecular formula is C14H16N2O3. The first-order valence-electron chi connectivity index (χ1n) is 6.32. The van der Waals surface area contributed by atoms with Gasteiger partial charge in [0.05, 0.1) is 0 Å². The number of carbonyl (C=O) groups excluding carboxylic acids is 2. The highest BCUT2D eigenvalue weighted by Gasteiger charge is 2.23. The molecule has 0 bridgehead atoms. The third-order valence-electron chi connectivity index (χ3n) is 3.41. The number of hydrogen-bond donors (Lipinski definition) is 0. The monoisotopic (exact) mass is 260 g/mol. The SMILES string of the molecule is CC(=O)N1CCCc2ccc(C(=O)C(C)N=O)cc21. The standard InChI is InChI=1S/C14H16N2O3/c1-9(15-19)14(18)12-6-5-11-4-3-7-16(10(2)17)13(11)8-12/h5-6,8-9H,3-4,7H2,1-2H3. The van der Waals surface area contributed by atoms with E-state index in [0.29, 0.717) is 12.1 Å². The summed E-state index contributed by atoms with van der Waals surface area (Å²) in [5, 5.41) is 2.75. The van der Waals surface area contributed by atoms with Gasteiger partial charge in [0, 0.05) is 24.7 Å². The van der Waals surface area contributed by atoms with Gasteiger partial charge in [-0.15, -0.1) is 0 Å². The van der Waals surface area contributed by atoms with Crippen molar-refractivity contribution in [3.63, 3.8) is 0 Å². The van der Waals surface area contributed by atoms with Crippen molar-refractivity contribution in [3.8, 4) is 0 Å². The van der Waals surface area contributed by atoms with Gasteiger partial charge in [-0.25, -0.2) is 0 Å². The van der Waals surface area contributed by atoms with Crippen molar-refractivity contribution >= 4 is 17.4 Å². The van der Waals surface area contributed by atoms with Crippen molar-refractivity contribution in [2.75, 3.05) is 11.4 Å². The van der Waals surface area contributed by atoms with Crippen LogP contribution in [-0.4, -0.2) is 24.3 Å². The second-order valence-corrected chi connectivity index (χ2v) is 4.76. The lowest BCUT2D eigenvalue weighted by Crippen LogP contribution is -2.33. The molecule has 1 heterocycles. The predicted octanol–water partition coefficient (Wildman–Crippen LogP) is 2.32. The van der Waals surface area contributed by atoms with Gasteiger partial charge in [-0.2, -0.15) is 4.91 Å². The van der Waals surface area contributed by atoms with Gasteiger partial charge in [0.15, 0.2) is 11.8 Å². The van der Waals surface area contributed by atoms with Gasteiger partial charge in [0.25, 0.3) is 0 Å². The highest BCUT2D eigenvalue weighted by atomic mass is 16.3. The largest absolute Gasteiger partial charge is 0.312 e. The number of benzene rings is 1. The van der Waals surface area contributed by atoms with E-state index in [4.69, 9.17) is 0 Å². The minimum absolute atomic E-state index is 0.0351. The Morgan fingerprint density at radius 1 is 1.37 bits per heavy atom. The molecule has 0 fully saturated rings. The summed E-state index contributed by atoms with van der Waals surface area (Å²) in [7, 11) is 0. The molecule has 1 atom stereocenters. The Bertz CT molecular complexity index is 539. The van der Waals surface area contributed by atoms with E-state index in [-0.39, 0.29) is 11.7 Å². The Labute approximate surface area is 111 Å². The number of Topliss-reactive ketones (excluding diaryl/α,β-unsaturated/α-hetero) is 1. The van der Waals surface area contributed by atoms with Crippen LogP contribution in [0.25, 0.3) is 0 Å². The summed E-state index contributed by atoms with van der Waals surface area (Å²) in [5.41, 5.74) is 2.27. The number of nitrogens with zero attached hydrogens (tertiary/aromatic N) is 2. The number of fused-ring (bicyclic) bond motifs is 1. The first kappa shape index (κ1) is 13.4. The molecule has 0 aromatic heterocycles. The zero-order valence-corrected chi connectivity index (χ0v) is 11.0. The summed E-state index contributed by atoms with van der Waals surface area (Å²) in [6.07, 6.45) is 1.82. The van der Waals surface area contributed by atoms with Crippen LogP contribution in [0.4, 0.5) is 5.69 Å². The summed E-state index contributed by atoms with van der Waals surface area (Å²) in [6, 6.07) is 4.36. The summed E-state index contributed by atoms with van der Waals surface area (Å²) in [6.45, 7) is 3.65. The molecule has 0 N–H and O–H groups in total. The Morgan fingerprint density at radius 3 is 2.74 bits per heavy atom. The smallest absolute Gasteiger partial charge is 0.223 e. The van der Waals surface area contributed by atoms with E-state index in [1.807, 2.05) is 6.07 Å². The first-order valence-corrected chi connectivity index (χ1v) is 6.32. The number of carbonyl (C=O) groups is 2. The number of amides is 1. The van der Waals surface area contributed by atoms with E-state index < -0.39 is 6.04 Å². The molecule has 5 nitrogen and oxygen atoms in total. The lowest BCUT2D eigenvalue weighted by Gasteiger charge is -2.29. The van der Waals surface area contributed by atoms with Crippen LogP contribution in [0.5, 0.6) is 0 Å². The van der Waals surface area contributed by atoms with Crippen molar-refractivity contribution in [2.45, 2.75) is 32.7 Å². The third-order valence-corrected chi connectivity index (χ3v) is 3.41. The average Bonchev–Trinajstić information content (AvgIpc) is 2.44. The van der Waals surface area contributed by atoms with Crippen molar-refractivity contribution < 1.29 is 9.59 Å². The minimum atomic E-state index is -0.896. The Kier molecular flexibility index (Phi) is 3.74. The number of hydrogen-bond acceptors (Lipinski definition) is 4. The molecule has 19 heavy (non-hydrogen) atoms. The van der Waals surface area contributed by atoms with Crippen LogP contribution in [0.1, 0.15) is 36.2 Å². The molecule has 1 aliphatic rings. The highest BCUT2D eigenvalue weighted by Crippen LogP contribution is 2.28. The van der Waals surface area contributed by atoms with E-state index in [0.717, 1.165) is 24.1 Å². The molecule has 5 heteroatoms. The maximum Gasteiger partial charge on any atom is 0.223 e. The van der Waals surface area contributed by atoms with Crippen LogP contribution >= 0.6 is 0 Å². The number of nitroso groups, excluding NO2 is 1. The maximum absolute atomic E-state index is 11.9. The number of anilines is 1. The van der Waals surface area contributed by atoms with Crippen LogP contribution in [0.3, 0.4) is 0 Å². The van der Waals surface area contributed by atoms with Crippen molar-refractivity contribution in [1.82, 2.24) is 0 Å². The van der Waals surface area contributed by atoms with Crippen LogP contribution in [0.2, 0.25) is 0 Å². The summed E-state index contributed by atoms with van der Waals surface area (Å²) in [5.74, 6) is -0.348. The molecule has 0 spiro atoms. The second-order valence-electron chi connectivity index (χ2n) is 4.76. The van der Waals surface area contributed by atoms with E-state index >= 15 is 0 Å². The van der Waals surface area contributed by atoms with Gasteiger partial charge in [0.1, 0.15) is 0 Å². The summed E-state index contributed by atoms with van der Waals surface area (Å²) >= 11 is 0. The Balaban J connectivity index is 2.41. The van der Waals surface area contributed by atoms with Gasteiger partial charge < -0.3 is 4.90 Å². The molecule has 2 rings (SSSR count). The van der Waals surface area contributed by atoms with Crippen molar-refractivity contribution in [2.24, 2.45) is 5.18 Å². The van der Waals surface area contributed by atoms with Crippen LogP contribution in [-0.2, 0) is 11.2 Å². The first-order chi connectivity index (χ1) is 9.04. The fourth-order valence-corrected chi connectivity index (χ4v) is 2.34. The second kappa shape index (κ2) is 5.30. The average molecular weight is 260 g/mol. The maximum atomic E-state index is 11.9. The summed E-state index contributed by atoms with van der Waals surface area (Å²) < 4.78 is 0. The van der Waals surface area contributed by atoms with E-state index in [2.05, 4.69) is 5.18 Å². The quantitative estimate of drug-likeness (QED) is 0.618. The molecule has 100 valence electrons. The van der Waals surface area contributed by atoms with E-state index in [1.54, 1.807) is 17.0 Å². The zero-order chi connectivity index (χ0) is 14.0. The normalized spacial score (nSPS) is 15.6. The minimum Gasteiger partial charge on any atom is -0.312 e. The molecule has 1 aromatic carbocycles. The van der Waals surface area contributed by atoms with Gasteiger partial charge in [-0.1, -0.05) is 17.3 Å². The number of ketones is 1. The topological polar surface area (TPSA) is 66.8 Å². The van der Waals surface area contributed by atoms with Crippen LogP contribution in [0.15, 0.2) is 23.4 Å². The molecule has 1 amide bonds. The van der Waals surface area contributed by atoms with Crippen LogP contribution < -0.4 is 4.90 Å². The molecule has 1 aliphatic heterocycles. The highest BCUT2D eigenvalue weighted by molar-refractivity contribution is 6.02. The molecule has 0 saturated heterocycles. The molecule has 0 radical (unpaired) electrons. The lowest BCUT2D eigenvalue weighted by molar-refractivity contribution is -0.116. The number of rotatable bonds is 3. The zero-order valence-electron chi connectivity index (χ0n) is 11.0. The van der Waals surface area contributed by atoms with E-state index in [1.165, 1.54) is 13.8 Å². The number of aryl methyl sites for hydroxylation is 1. The predicted molar refractivity (Wildman–Crippen MR) is 72.4 cm³/mol. The van der Waals surface area contributed by atoms with Gasteiger partial charge in [0.2, 0.25) is 5.91 Å². The van der Waals surface area contributed by atoms with Crippen molar-refractivity contribution in [3.05, 3.63) is 34.2 Å². The fraction of sp³-hybridized carbons (Fsp3) is 0.429. The molecule has 1 unspecified atom stereocenters. The van der Waals surface area contributed by atoms with Crippen LogP contribution in [0, 0.1) is 4.91 Å². The Morgan fingerprint density at radius 2 is 2.11 bits per heavy atom. The van der Waals surface area contributed by atoms with Gasteiger partial charge in [-0.05, 0) is 31.4 Å². The van der Waals surface area contributed by atoms with Crippen molar-refractivity contribution in [1.29, 1.82) is 0 Å². The fourth-order valence-electron chi connectivity index (χ4n) is 2.34.